The van der Waals surface area contributed by atoms with Crippen molar-refractivity contribution < 1.29 is 15.0 Å². The van der Waals surface area contributed by atoms with E-state index in [0.29, 0.717) is 0 Å². The van der Waals surface area contributed by atoms with Gasteiger partial charge in [-0.15, -0.1) is 0 Å². The zero-order valence-corrected chi connectivity index (χ0v) is 10.8. The molecule has 0 radical (unpaired) electrons. The first-order valence-electron chi connectivity index (χ1n) is 5.54. The molecule has 0 heterocycles. The number of nitrogens with zero attached hydrogens (tertiary/aromatic N) is 2. The maximum Gasteiger partial charge on any atom is 0.299 e. The van der Waals surface area contributed by atoms with E-state index in [9.17, 15) is 25.3 Å². The Kier molecular flexibility index (Phi) is 4.05. The van der Waals surface area contributed by atoms with E-state index in [1.54, 1.807) is 20.8 Å². The first kappa shape index (κ1) is 14.8. The molecule has 19 heavy (non-hydrogen) atoms. The highest BCUT2D eigenvalue weighted by molar-refractivity contribution is 5.66. The fourth-order valence-corrected chi connectivity index (χ4v) is 1.34. The molecule has 0 fully saturated rings. The van der Waals surface area contributed by atoms with Gasteiger partial charge in [0.2, 0.25) is 0 Å². The molecule has 0 saturated heterocycles. The Hall–Kier alpha value is -2.22. The second-order valence-electron chi connectivity index (χ2n) is 4.74. The van der Waals surface area contributed by atoms with E-state index >= 15 is 0 Å². The molecule has 0 aromatic heterocycles. The Morgan fingerprint density at radius 3 is 2.26 bits per heavy atom. The van der Waals surface area contributed by atoms with Crippen molar-refractivity contribution in [3.8, 4) is 0 Å². The van der Waals surface area contributed by atoms with Crippen LogP contribution in [-0.2, 0) is 0 Å². The number of nitrogens with one attached hydrogen (secondary N) is 1. The average molecular weight is 269 g/mol. The van der Waals surface area contributed by atoms with Crippen LogP contribution in [0.5, 0.6) is 0 Å². The lowest BCUT2D eigenvalue weighted by Crippen LogP contribution is -2.42. The summed E-state index contributed by atoms with van der Waals surface area (Å²) >= 11 is 0. The summed E-state index contributed by atoms with van der Waals surface area (Å²) in [5.41, 5.74) is -1.43. The molecule has 1 unspecified atom stereocenters. The van der Waals surface area contributed by atoms with Gasteiger partial charge in [0.25, 0.3) is 11.4 Å². The van der Waals surface area contributed by atoms with Crippen molar-refractivity contribution in [1.29, 1.82) is 0 Å². The number of nitro groups is 2. The third-order valence-electron chi connectivity index (χ3n) is 2.89. The monoisotopic (exact) mass is 269 g/mol. The third kappa shape index (κ3) is 3.38. The van der Waals surface area contributed by atoms with Crippen LogP contribution in [0.4, 0.5) is 17.1 Å². The zero-order valence-electron chi connectivity index (χ0n) is 10.8. The average Bonchev–Trinajstić information content (AvgIpc) is 2.28. The molecule has 0 aliphatic rings. The van der Waals surface area contributed by atoms with Gasteiger partial charge in [-0.2, -0.15) is 0 Å². The molecule has 0 aliphatic heterocycles. The minimum atomic E-state index is -0.805. The lowest BCUT2D eigenvalue weighted by atomic mass is 9.98. The van der Waals surface area contributed by atoms with Gasteiger partial charge in [0.05, 0.1) is 27.6 Å². The van der Waals surface area contributed by atoms with Gasteiger partial charge in [0.15, 0.2) is 0 Å². The topological polar surface area (TPSA) is 119 Å². The summed E-state index contributed by atoms with van der Waals surface area (Å²) in [6.45, 7) is 4.88. The molecule has 104 valence electrons. The number of hydrogen-bond acceptors (Lipinski definition) is 6. The Morgan fingerprint density at radius 1 is 1.26 bits per heavy atom. The van der Waals surface area contributed by atoms with E-state index in [0.717, 1.165) is 6.07 Å². The molecule has 1 atom stereocenters. The number of benzene rings is 1. The van der Waals surface area contributed by atoms with Gasteiger partial charge < -0.3 is 10.4 Å². The molecular formula is C11H15N3O5. The Labute approximate surface area is 109 Å². The lowest BCUT2D eigenvalue weighted by Gasteiger charge is -2.30. The van der Waals surface area contributed by atoms with Crippen molar-refractivity contribution in [1.82, 2.24) is 0 Å². The van der Waals surface area contributed by atoms with Gasteiger partial charge in [-0.05, 0) is 26.8 Å². The van der Waals surface area contributed by atoms with Crippen LogP contribution in [0.1, 0.15) is 20.8 Å². The number of rotatable bonds is 5. The predicted octanol–water partition coefficient (Wildman–Crippen LogP) is 2.07. The lowest BCUT2D eigenvalue weighted by molar-refractivity contribution is -0.393. The molecule has 1 rings (SSSR count). The highest BCUT2D eigenvalue weighted by Gasteiger charge is 2.28. The van der Waals surface area contributed by atoms with Crippen LogP contribution in [0.15, 0.2) is 18.2 Å². The fraction of sp³-hybridized carbons (Fsp3) is 0.455. The SMILES string of the molecule is CC(O)C(C)(C)Nc1ccc([N+](=O)[O-])cc1[N+](=O)[O-]. The van der Waals surface area contributed by atoms with E-state index in [4.69, 9.17) is 0 Å². The van der Waals surface area contributed by atoms with Crippen molar-refractivity contribution in [2.45, 2.75) is 32.4 Å². The second-order valence-corrected chi connectivity index (χ2v) is 4.74. The molecule has 1 aromatic carbocycles. The van der Waals surface area contributed by atoms with Crippen molar-refractivity contribution >= 4 is 17.1 Å². The summed E-state index contributed by atoms with van der Waals surface area (Å²) in [6.07, 6.45) is -0.762. The molecule has 0 aliphatic carbocycles. The smallest absolute Gasteiger partial charge is 0.299 e. The normalized spacial score (nSPS) is 12.8. The van der Waals surface area contributed by atoms with Crippen LogP contribution in [0.25, 0.3) is 0 Å². The Bertz CT molecular complexity index is 513. The summed E-state index contributed by atoms with van der Waals surface area (Å²) in [7, 11) is 0. The number of hydrogen-bond donors (Lipinski definition) is 2. The number of anilines is 1. The third-order valence-corrected chi connectivity index (χ3v) is 2.89. The fourth-order valence-electron chi connectivity index (χ4n) is 1.34. The molecule has 0 bridgehead atoms. The van der Waals surface area contributed by atoms with E-state index in [1.165, 1.54) is 12.1 Å². The van der Waals surface area contributed by atoms with Crippen LogP contribution in [0, 0.1) is 20.2 Å². The van der Waals surface area contributed by atoms with Crippen molar-refractivity contribution in [2.75, 3.05) is 5.32 Å². The second kappa shape index (κ2) is 5.19. The van der Waals surface area contributed by atoms with Crippen LogP contribution in [-0.4, -0.2) is 26.6 Å². The molecule has 0 spiro atoms. The van der Waals surface area contributed by atoms with Crippen LogP contribution in [0.3, 0.4) is 0 Å². The highest BCUT2D eigenvalue weighted by Crippen LogP contribution is 2.31. The standard InChI is InChI=1S/C11H15N3O5/c1-7(15)11(2,3)12-9-5-4-8(13(16)17)6-10(9)14(18)19/h4-7,12,15H,1-3H3. The maximum atomic E-state index is 10.9. The predicted molar refractivity (Wildman–Crippen MR) is 69.1 cm³/mol. The summed E-state index contributed by atoms with van der Waals surface area (Å²) < 4.78 is 0. The zero-order chi connectivity index (χ0) is 14.8. The molecule has 0 saturated carbocycles. The minimum absolute atomic E-state index is 0.126. The maximum absolute atomic E-state index is 10.9. The first-order chi connectivity index (χ1) is 8.65. The van der Waals surface area contributed by atoms with E-state index in [1.807, 2.05) is 0 Å². The Morgan fingerprint density at radius 2 is 1.84 bits per heavy atom. The number of aliphatic hydroxyl groups excluding tert-OH is 1. The highest BCUT2D eigenvalue weighted by atomic mass is 16.6. The van der Waals surface area contributed by atoms with Gasteiger partial charge in [-0.25, -0.2) is 0 Å². The summed E-state index contributed by atoms with van der Waals surface area (Å²) in [4.78, 5) is 20.1. The van der Waals surface area contributed by atoms with Crippen LogP contribution < -0.4 is 5.32 Å². The van der Waals surface area contributed by atoms with Gasteiger partial charge in [0.1, 0.15) is 5.69 Å². The van der Waals surface area contributed by atoms with Crippen LogP contribution >= 0.6 is 0 Å². The van der Waals surface area contributed by atoms with Crippen LogP contribution in [0.2, 0.25) is 0 Å². The quantitative estimate of drug-likeness (QED) is 0.623. The number of nitro benzene ring substituents is 2. The minimum Gasteiger partial charge on any atom is -0.391 e. The summed E-state index contributed by atoms with van der Waals surface area (Å²) in [5, 5.41) is 33.9. The molecule has 1 aromatic rings. The molecule has 8 nitrogen and oxygen atoms in total. The molecule has 8 heteroatoms. The largest absolute Gasteiger partial charge is 0.391 e. The summed E-state index contributed by atoms with van der Waals surface area (Å²) in [5.74, 6) is 0. The van der Waals surface area contributed by atoms with Gasteiger partial charge in [0, 0.05) is 6.07 Å². The summed E-state index contributed by atoms with van der Waals surface area (Å²) in [6, 6.07) is 3.33. The molecule has 0 amide bonds. The van der Waals surface area contributed by atoms with Crippen molar-refractivity contribution in [3.05, 3.63) is 38.4 Å². The van der Waals surface area contributed by atoms with Gasteiger partial charge in [-0.3, -0.25) is 20.2 Å². The van der Waals surface area contributed by atoms with Gasteiger partial charge >= 0.3 is 0 Å². The van der Waals surface area contributed by atoms with E-state index < -0.39 is 27.2 Å². The number of aliphatic hydroxyl groups is 1. The van der Waals surface area contributed by atoms with Gasteiger partial charge in [-0.1, -0.05) is 0 Å². The molecule has 2 N–H and O–H groups in total. The first-order valence-corrected chi connectivity index (χ1v) is 5.54. The van der Waals surface area contributed by atoms with E-state index in [-0.39, 0.29) is 11.4 Å². The van der Waals surface area contributed by atoms with Crippen molar-refractivity contribution in [3.63, 3.8) is 0 Å². The Balaban J connectivity index is 3.21. The number of non-ortho nitro benzene ring substituents is 1. The van der Waals surface area contributed by atoms with Crippen molar-refractivity contribution in [2.24, 2.45) is 0 Å². The molecular weight excluding hydrogens is 254 g/mol. The van der Waals surface area contributed by atoms with E-state index in [2.05, 4.69) is 5.32 Å².